The Bertz CT molecular complexity index is 1230. The molecule has 0 saturated carbocycles. The minimum Gasteiger partial charge on any atom is -0.472 e. The Kier molecular flexibility index (Phi) is 5.38. The maximum absolute atomic E-state index is 13.3. The first-order chi connectivity index (χ1) is 16.6. The van der Waals surface area contributed by atoms with Crippen LogP contribution in [0.4, 0.5) is 0 Å². The van der Waals surface area contributed by atoms with Crippen LogP contribution in [0.15, 0.2) is 36.4 Å². The molecule has 0 bridgehead atoms. The molecule has 0 aliphatic carbocycles. The normalized spacial score (nSPS) is 24.1. The number of hydrogen-bond donors (Lipinski definition) is 2. The lowest BCUT2D eigenvalue weighted by Gasteiger charge is -2.56. The highest BCUT2D eigenvalue weighted by atomic mass is 16.5. The van der Waals surface area contributed by atoms with E-state index >= 15 is 0 Å². The second-order valence-corrected chi connectivity index (χ2v) is 10.1. The van der Waals surface area contributed by atoms with Gasteiger partial charge in [-0.05, 0) is 62.3 Å². The van der Waals surface area contributed by atoms with Gasteiger partial charge in [-0.3, -0.25) is 4.90 Å². The summed E-state index contributed by atoms with van der Waals surface area (Å²) in [6.07, 6.45) is 6.86. The number of aromatic amines is 1. The third kappa shape index (κ3) is 3.43. The van der Waals surface area contributed by atoms with Gasteiger partial charge in [-0.25, -0.2) is 4.79 Å². The first kappa shape index (κ1) is 21.7. The molecule has 2 fully saturated rings. The van der Waals surface area contributed by atoms with Gasteiger partial charge in [-0.1, -0.05) is 24.3 Å². The van der Waals surface area contributed by atoms with Crippen molar-refractivity contribution in [3.05, 3.63) is 64.3 Å². The van der Waals surface area contributed by atoms with Crippen LogP contribution in [0.3, 0.4) is 0 Å². The van der Waals surface area contributed by atoms with Gasteiger partial charge in [-0.2, -0.15) is 0 Å². The summed E-state index contributed by atoms with van der Waals surface area (Å²) in [4.78, 5) is 19.3. The monoisotopic (exact) mass is 460 g/mol. The summed E-state index contributed by atoms with van der Waals surface area (Å²) >= 11 is 0. The van der Waals surface area contributed by atoms with Crippen molar-refractivity contribution in [2.45, 2.75) is 64.4 Å². The SMILES string of the molecule is Cc1[nH]c2ccc3c(c2c1C(=O)OCc1ccc(CO)cc1)CC1CCCN2CCCCC12O3. The Labute approximate surface area is 199 Å². The lowest BCUT2D eigenvalue weighted by atomic mass is 9.74. The lowest BCUT2D eigenvalue weighted by Crippen LogP contribution is -2.64. The Morgan fingerprint density at radius 2 is 1.94 bits per heavy atom. The molecule has 0 amide bonds. The number of benzene rings is 2. The Balaban J connectivity index is 1.33. The summed E-state index contributed by atoms with van der Waals surface area (Å²) in [7, 11) is 0. The first-order valence-electron chi connectivity index (χ1n) is 12.5. The van der Waals surface area contributed by atoms with Gasteiger partial charge in [0.15, 0.2) is 5.72 Å². The van der Waals surface area contributed by atoms with Gasteiger partial charge in [0.1, 0.15) is 12.4 Å². The zero-order valence-electron chi connectivity index (χ0n) is 19.7. The average Bonchev–Trinajstić information content (AvgIpc) is 3.21. The zero-order valence-corrected chi connectivity index (χ0v) is 19.7. The fraction of sp³-hybridized carbons (Fsp3) is 0.464. The molecule has 3 aliphatic heterocycles. The Morgan fingerprint density at radius 1 is 1.15 bits per heavy atom. The number of fused-ring (bicyclic) bond motifs is 3. The number of aryl methyl sites for hydroxylation is 1. The summed E-state index contributed by atoms with van der Waals surface area (Å²) in [6.45, 7) is 4.38. The van der Waals surface area contributed by atoms with Crippen LogP contribution in [-0.2, 0) is 24.4 Å². The third-order valence-electron chi connectivity index (χ3n) is 8.10. The summed E-state index contributed by atoms with van der Waals surface area (Å²) in [6, 6.07) is 11.6. The number of nitrogens with zero attached hydrogens (tertiary/aromatic N) is 1. The van der Waals surface area contributed by atoms with Gasteiger partial charge in [0.2, 0.25) is 0 Å². The molecule has 0 radical (unpaired) electrons. The molecule has 3 aromatic rings. The minimum atomic E-state index is -0.313. The smallest absolute Gasteiger partial charge is 0.340 e. The number of ether oxygens (including phenoxy) is 2. The van der Waals surface area contributed by atoms with Crippen LogP contribution < -0.4 is 4.74 Å². The standard InChI is InChI=1S/C28H32N2O4/c1-18-25(27(32)33-17-20-8-6-19(16-31)7-9-20)26-22-15-21-5-4-14-30-13-3-2-12-28(21,30)34-24(22)11-10-23(26)29-18/h6-11,21,29,31H,2-5,12-17H2,1H3. The number of H-pyrrole nitrogens is 1. The predicted octanol–water partition coefficient (Wildman–Crippen LogP) is 4.85. The van der Waals surface area contributed by atoms with Crippen LogP contribution in [-0.4, -0.2) is 39.8 Å². The molecule has 6 nitrogen and oxygen atoms in total. The van der Waals surface area contributed by atoms with Crippen LogP contribution in [0.2, 0.25) is 0 Å². The minimum absolute atomic E-state index is 0.00181. The summed E-state index contributed by atoms with van der Waals surface area (Å²) < 4.78 is 12.6. The Hall–Kier alpha value is -2.83. The summed E-state index contributed by atoms with van der Waals surface area (Å²) in [5, 5.41) is 10.2. The van der Waals surface area contributed by atoms with Crippen molar-refractivity contribution in [1.29, 1.82) is 0 Å². The molecule has 178 valence electrons. The van der Waals surface area contributed by atoms with E-state index in [2.05, 4.69) is 16.0 Å². The van der Waals surface area contributed by atoms with Gasteiger partial charge in [0.25, 0.3) is 0 Å². The summed E-state index contributed by atoms with van der Waals surface area (Å²) in [5.41, 5.74) is 5.11. The number of aromatic nitrogens is 1. The van der Waals surface area contributed by atoms with Gasteiger partial charge in [0, 0.05) is 47.6 Å². The lowest BCUT2D eigenvalue weighted by molar-refractivity contribution is -0.177. The first-order valence-corrected chi connectivity index (χ1v) is 12.5. The number of nitrogens with one attached hydrogen (secondary N) is 1. The number of piperidine rings is 2. The average molecular weight is 461 g/mol. The molecular weight excluding hydrogens is 428 g/mol. The molecule has 2 N–H and O–H groups in total. The molecule has 2 aromatic carbocycles. The van der Waals surface area contributed by atoms with Gasteiger partial charge in [0.05, 0.1) is 12.2 Å². The summed E-state index contributed by atoms with van der Waals surface area (Å²) in [5.74, 6) is 1.06. The molecule has 1 spiro atoms. The topological polar surface area (TPSA) is 74.8 Å². The molecule has 2 saturated heterocycles. The molecular formula is C28H32N2O4. The number of carbonyl (C=O) groups excluding carboxylic acids is 1. The molecule has 6 heteroatoms. The van der Waals surface area contributed by atoms with Crippen molar-refractivity contribution in [2.24, 2.45) is 5.92 Å². The van der Waals surface area contributed by atoms with Crippen LogP contribution >= 0.6 is 0 Å². The second-order valence-electron chi connectivity index (χ2n) is 10.1. The van der Waals surface area contributed by atoms with E-state index in [9.17, 15) is 9.90 Å². The number of carbonyl (C=O) groups is 1. The van der Waals surface area contributed by atoms with Crippen molar-refractivity contribution in [3.8, 4) is 5.75 Å². The van der Waals surface area contributed by atoms with E-state index in [1.165, 1.54) is 25.7 Å². The highest BCUT2D eigenvalue weighted by molar-refractivity contribution is 6.07. The predicted molar refractivity (Wildman–Crippen MR) is 130 cm³/mol. The highest BCUT2D eigenvalue weighted by Gasteiger charge is 2.52. The molecule has 6 rings (SSSR count). The second kappa shape index (κ2) is 8.43. The molecule has 4 heterocycles. The number of aliphatic hydroxyl groups is 1. The van der Waals surface area contributed by atoms with Crippen molar-refractivity contribution < 1.29 is 19.4 Å². The fourth-order valence-electron chi connectivity index (χ4n) is 6.43. The maximum Gasteiger partial charge on any atom is 0.340 e. The molecule has 2 unspecified atom stereocenters. The largest absolute Gasteiger partial charge is 0.472 e. The van der Waals surface area contributed by atoms with Crippen LogP contribution in [0, 0.1) is 12.8 Å². The molecule has 2 atom stereocenters. The van der Waals surface area contributed by atoms with Crippen molar-refractivity contribution in [3.63, 3.8) is 0 Å². The molecule has 34 heavy (non-hydrogen) atoms. The van der Waals surface area contributed by atoms with Crippen LogP contribution in [0.1, 0.15) is 64.8 Å². The van der Waals surface area contributed by atoms with E-state index in [-0.39, 0.29) is 24.9 Å². The van der Waals surface area contributed by atoms with Crippen molar-refractivity contribution in [1.82, 2.24) is 9.88 Å². The third-order valence-corrected chi connectivity index (χ3v) is 8.10. The van der Waals surface area contributed by atoms with E-state index < -0.39 is 0 Å². The quantitative estimate of drug-likeness (QED) is 0.545. The number of aliphatic hydroxyl groups excluding tert-OH is 1. The van der Waals surface area contributed by atoms with Crippen LogP contribution in [0.25, 0.3) is 10.9 Å². The van der Waals surface area contributed by atoms with E-state index in [1.807, 2.05) is 37.3 Å². The Morgan fingerprint density at radius 3 is 2.76 bits per heavy atom. The highest BCUT2D eigenvalue weighted by Crippen LogP contribution is 2.50. The maximum atomic E-state index is 13.3. The molecule has 3 aliphatic rings. The number of esters is 1. The van der Waals surface area contributed by atoms with E-state index in [0.29, 0.717) is 11.5 Å². The van der Waals surface area contributed by atoms with E-state index in [1.54, 1.807) is 0 Å². The van der Waals surface area contributed by atoms with Crippen molar-refractivity contribution >= 4 is 16.9 Å². The van der Waals surface area contributed by atoms with Crippen molar-refractivity contribution in [2.75, 3.05) is 13.1 Å². The van der Waals surface area contributed by atoms with Gasteiger partial charge < -0.3 is 19.6 Å². The molecule has 1 aromatic heterocycles. The van der Waals surface area contributed by atoms with E-state index in [0.717, 1.165) is 65.0 Å². The number of rotatable bonds is 4. The zero-order chi connectivity index (χ0) is 23.3. The number of hydrogen-bond acceptors (Lipinski definition) is 5. The van der Waals surface area contributed by atoms with Crippen LogP contribution in [0.5, 0.6) is 5.75 Å². The van der Waals surface area contributed by atoms with Gasteiger partial charge in [-0.15, -0.1) is 0 Å². The fourth-order valence-corrected chi connectivity index (χ4v) is 6.43. The van der Waals surface area contributed by atoms with Gasteiger partial charge >= 0.3 is 5.97 Å². The van der Waals surface area contributed by atoms with E-state index in [4.69, 9.17) is 9.47 Å².